The van der Waals surface area contributed by atoms with E-state index in [1.807, 2.05) is 12.3 Å². The van der Waals surface area contributed by atoms with Crippen LogP contribution in [0.4, 0.5) is 0 Å². The van der Waals surface area contributed by atoms with Crippen LogP contribution in [0.5, 0.6) is 11.6 Å². The maximum absolute atomic E-state index is 5.53. The van der Waals surface area contributed by atoms with Crippen LogP contribution in [0.1, 0.15) is 25.8 Å². The van der Waals surface area contributed by atoms with E-state index in [9.17, 15) is 0 Å². The van der Waals surface area contributed by atoms with Gasteiger partial charge in [0.25, 0.3) is 5.88 Å². The van der Waals surface area contributed by atoms with Crippen molar-refractivity contribution in [2.24, 2.45) is 0 Å². The fourth-order valence-corrected chi connectivity index (χ4v) is 1.13. The highest BCUT2D eigenvalue weighted by Crippen LogP contribution is 2.25. The van der Waals surface area contributed by atoms with Gasteiger partial charge in [0.05, 0.1) is 13.7 Å². The average molecular weight is 195 g/mol. The van der Waals surface area contributed by atoms with Crippen molar-refractivity contribution in [1.29, 1.82) is 0 Å². The number of aryl methyl sites for hydroxylation is 1. The molecule has 0 aromatic carbocycles. The molecule has 0 aliphatic carbocycles. The van der Waals surface area contributed by atoms with Gasteiger partial charge in [0.1, 0.15) is 0 Å². The molecule has 0 unspecified atom stereocenters. The monoisotopic (exact) mass is 195 g/mol. The number of rotatable bonds is 5. The molecule has 1 rings (SSSR count). The SMILES string of the molecule is CCCOc1cc(CC)cnc1OC. The Kier molecular flexibility index (Phi) is 4.23. The highest BCUT2D eigenvalue weighted by Gasteiger charge is 2.05. The third-order valence-electron chi connectivity index (χ3n) is 1.94. The van der Waals surface area contributed by atoms with Crippen LogP contribution in [0.15, 0.2) is 12.3 Å². The summed E-state index contributed by atoms with van der Waals surface area (Å²) < 4.78 is 10.6. The van der Waals surface area contributed by atoms with Gasteiger partial charge >= 0.3 is 0 Å². The summed E-state index contributed by atoms with van der Waals surface area (Å²) >= 11 is 0. The molecule has 1 aromatic rings. The summed E-state index contributed by atoms with van der Waals surface area (Å²) in [5, 5.41) is 0. The number of hydrogen-bond acceptors (Lipinski definition) is 3. The second-order valence-corrected chi connectivity index (χ2v) is 3.05. The summed E-state index contributed by atoms with van der Waals surface area (Å²) in [4.78, 5) is 4.17. The summed E-state index contributed by atoms with van der Waals surface area (Å²) in [6, 6.07) is 1.99. The highest BCUT2D eigenvalue weighted by molar-refractivity contribution is 5.36. The van der Waals surface area contributed by atoms with Gasteiger partial charge < -0.3 is 9.47 Å². The molecule has 0 aliphatic heterocycles. The van der Waals surface area contributed by atoms with E-state index in [2.05, 4.69) is 18.8 Å². The first-order chi connectivity index (χ1) is 6.81. The first-order valence-electron chi connectivity index (χ1n) is 4.97. The fraction of sp³-hybridized carbons (Fsp3) is 0.545. The Bertz CT molecular complexity index is 287. The molecule has 0 bridgehead atoms. The van der Waals surface area contributed by atoms with E-state index >= 15 is 0 Å². The first kappa shape index (κ1) is 10.8. The van der Waals surface area contributed by atoms with Crippen LogP contribution >= 0.6 is 0 Å². The van der Waals surface area contributed by atoms with Crippen molar-refractivity contribution in [3.8, 4) is 11.6 Å². The maximum Gasteiger partial charge on any atom is 0.256 e. The smallest absolute Gasteiger partial charge is 0.256 e. The summed E-state index contributed by atoms with van der Waals surface area (Å²) in [6.45, 7) is 4.86. The lowest BCUT2D eigenvalue weighted by molar-refractivity contribution is 0.288. The predicted molar refractivity (Wildman–Crippen MR) is 56.0 cm³/mol. The van der Waals surface area contributed by atoms with Crippen molar-refractivity contribution in [2.45, 2.75) is 26.7 Å². The lowest BCUT2D eigenvalue weighted by Crippen LogP contribution is -2.00. The third-order valence-corrected chi connectivity index (χ3v) is 1.94. The Morgan fingerprint density at radius 2 is 2.14 bits per heavy atom. The molecular weight excluding hydrogens is 178 g/mol. The molecule has 0 saturated carbocycles. The molecule has 1 aromatic heterocycles. The number of nitrogens with zero attached hydrogens (tertiary/aromatic N) is 1. The van der Waals surface area contributed by atoms with Crippen LogP contribution in [-0.4, -0.2) is 18.7 Å². The van der Waals surface area contributed by atoms with E-state index in [-0.39, 0.29) is 0 Å². The molecule has 3 heteroatoms. The summed E-state index contributed by atoms with van der Waals surface area (Å²) in [6.07, 6.45) is 3.76. The number of hydrogen-bond donors (Lipinski definition) is 0. The Morgan fingerprint density at radius 1 is 1.36 bits per heavy atom. The Labute approximate surface area is 85.1 Å². The van der Waals surface area contributed by atoms with Gasteiger partial charge in [-0.25, -0.2) is 4.98 Å². The van der Waals surface area contributed by atoms with E-state index in [0.29, 0.717) is 12.5 Å². The van der Waals surface area contributed by atoms with Crippen molar-refractivity contribution in [2.75, 3.05) is 13.7 Å². The number of methoxy groups -OCH3 is 1. The fourth-order valence-electron chi connectivity index (χ4n) is 1.13. The lowest BCUT2D eigenvalue weighted by atomic mass is 10.2. The van der Waals surface area contributed by atoms with Gasteiger partial charge in [-0.05, 0) is 24.5 Å². The third kappa shape index (κ3) is 2.62. The maximum atomic E-state index is 5.53. The molecule has 1 heterocycles. The number of pyridine rings is 1. The van der Waals surface area contributed by atoms with Crippen molar-refractivity contribution in [1.82, 2.24) is 4.98 Å². The summed E-state index contributed by atoms with van der Waals surface area (Å²) in [5.74, 6) is 1.31. The molecule has 0 N–H and O–H groups in total. The van der Waals surface area contributed by atoms with E-state index in [0.717, 1.165) is 24.2 Å². The molecule has 78 valence electrons. The summed E-state index contributed by atoms with van der Waals surface area (Å²) in [5.41, 5.74) is 1.16. The number of aromatic nitrogens is 1. The van der Waals surface area contributed by atoms with Gasteiger partial charge in [-0.15, -0.1) is 0 Å². The quantitative estimate of drug-likeness (QED) is 0.723. The first-order valence-corrected chi connectivity index (χ1v) is 4.97. The molecule has 0 radical (unpaired) electrons. The van der Waals surface area contributed by atoms with Crippen molar-refractivity contribution >= 4 is 0 Å². The van der Waals surface area contributed by atoms with Gasteiger partial charge in [-0.2, -0.15) is 0 Å². The van der Waals surface area contributed by atoms with Crippen LogP contribution in [-0.2, 0) is 6.42 Å². The van der Waals surface area contributed by atoms with Gasteiger partial charge in [0.2, 0.25) is 0 Å². The number of ether oxygens (including phenoxy) is 2. The zero-order valence-corrected chi connectivity index (χ0v) is 9.04. The molecule has 0 fully saturated rings. The molecule has 0 saturated heterocycles. The second kappa shape index (κ2) is 5.47. The largest absolute Gasteiger partial charge is 0.488 e. The Hall–Kier alpha value is -1.25. The lowest BCUT2D eigenvalue weighted by Gasteiger charge is -2.09. The van der Waals surface area contributed by atoms with E-state index in [4.69, 9.17) is 9.47 Å². The topological polar surface area (TPSA) is 31.4 Å². The van der Waals surface area contributed by atoms with Gasteiger partial charge in [-0.1, -0.05) is 13.8 Å². The van der Waals surface area contributed by atoms with Gasteiger partial charge in [0, 0.05) is 6.20 Å². The minimum absolute atomic E-state index is 0.565. The van der Waals surface area contributed by atoms with Crippen LogP contribution in [0.2, 0.25) is 0 Å². The predicted octanol–water partition coefficient (Wildman–Crippen LogP) is 2.44. The zero-order valence-electron chi connectivity index (χ0n) is 9.04. The van der Waals surface area contributed by atoms with E-state index < -0.39 is 0 Å². The van der Waals surface area contributed by atoms with Crippen molar-refractivity contribution < 1.29 is 9.47 Å². The standard InChI is InChI=1S/C11H17NO2/c1-4-6-14-10-7-9(5-2)8-12-11(10)13-3/h7-8H,4-6H2,1-3H3. The van der Waals surface area contributed by atoms with Crippen LogP contribution in [0.25, 0.3) is 0 Å². The minimum Gasteiger partial charge on any atom is -0.488 e. The van der Waals surface area contributed by atoms with Gasteiger partial charge in [-0.3, -0.25) is 0 Å². The molecule has 14 heavy (non-hydrogen) atoms. The minimum atomic E-state index is 0.565. The molecular formula is C11H17NO2. The second-order valence-electron chi connectivity index (χ2n) is 3.05. The van der Waals surface area contributed by atoms with Crippen molar-refractivity contribution in [3.63, 3.8) is 0 Å². The van der Waals surface area contributed by atoms with Gasteiger partial charge in [0.15, 0.2) is 5.75 Å². The molecule has 0 aliphatic rings. The Morgan fingerprint density at radius 3 is 2.71 bits per heavy atom. The van der Waals surface area contributed by atoms with Crippen LogP contribution in [0.3, 0.4) is 0 Å². The van der Waals surface area contributed by atoms with E-state index in [1.54, 1.807) is 7.11 Å². The molecule has 0 amide bonds. The molecule has 0 spiro atoms. The Balaban J connectivity index is 2.84. The van der Waals surface area contributed by atoms with E-state index in [1.165, 1.54) is 0 Å². The average Bonchev–Trinajstić information content (AvgIpc) is 2.25. The van der Waals surface area contributed by atoms with Crippen LogP contribution in [0, 0.1) is 0 Å². The highest BCUT2D eigenvalue weighted by atomic mass is 16.5. The summed E-state index contributed by atoms with van der Waals surface area (Å²) in [7, 11) is 1.60. The van der Waals surface area contributed by atoms with Crippen molar-refractivity contribution in [3.05, 3.63) is 17.8 Å². The molecule has 3 nitrogen and oxygen atoms in total. The van der Waals surface area contributed by atoms with Crippen LogP contribution < -0.4 is 9.47 Å². The normalized spacial score (nSPS) is 9.93. The molecule has 0 atom stereocenters. The zero-order chi connectivity index (χ0) is 10.4.